The first-order valence-electron chi connectivity index (χ1n) is 9.53. The first kappa shape index (κ1) is 16.1. The van der Waals surface area contributed by atoms with Crippen LogP contribution in [0.2, 0.25) is 0 Å². The number of aromatic nitrogens is 2. The highest BCUT2D eigenvalue weighted by Gasteiger charge is 2.16. The van der Waals surface area contributed by atoms with Gasteiger partial charge in [-0.25, -0.2) is 4.57 Å². The second kappa shape index (κ2) is 6.51. The molecule has 2 aromatic carbocycles. The third-order valence-electron chi connectivity index (χ3n) is 5.55. The van der Waals surface area contributed by atoms with Gasteiger partial charge in [-0.05, 0) is 42.8 Å². The van der Waals surface area contributed by atoms with Gasteiger partial charge in [0.1, 0.15) is 6.54 Å². The summed E-state index contributed by atoms with van der Waals surface area (Å²) in [5.41, 5.74) is 5.25. The van der Waals surface area contributed by atoms with Crippen LogP contribution in [0.4, 0.5) is 0 Å². The number of nitrogens with zero attached hydrogens (tertiary/aromatic N) is 1. The number of aryl methyl sites for hydroxylation is 3. The number of hydrogen-bond acceptors (Lipinski definition) is 0. The van der Waals surface area contributed by atoms with Gasteiger partial charge in [-0.3, -0.25) is 0 Å². The molecule has 4 aromatic rings. The Morgan fingerprint density at radius 1 is 0.880 bits per heavy atom. The summed E-state index contributed by atoms with van der Waals surface area (Å²) in [6.45, 7) is 7.89. The summed E-state index contributed by atoms with van der Waals surface area (Å²) in [5.74, 6) is 0. The summed E-state index contributed by atoms with van der Waals surface area (Å²) in [6.07, 6.45) is 9.81. The van der Waals surface area contributed by atoms with Crippen LogP contribution in [0.5, 0.6) is 0 Å². The smallest absolute Gasteiger partial charge is 0.176 e. The minimum Gasteiger partial charge on any atom is -0.354 e. The predicted octanol–water partition coefficient (Wildman–Crippen LogP) is 5.96. The van der Waals surface area contributed by atoms with E-state index in [1.165, 1.54) is 69.4 Å². The molecular formula is C23H27N2+. The molecule has 4 rings (SSSR count). The quantitative estimate of drug-likeness (QED) is 0.344. The largest absolute Gasteiger partial charge is 0.354 e. The molecule has 0 saturated carbocycles. The van der Waals surface area contributed by atoms with Gasteiger partial charge >= 0.3 is 0 Å². The van der Waals surface area contributed by atoms with Crippen molar-refractivity contribution in [2.45, 2.75) is 53.0 Å². The van der Waals surface area contributed by atoms with Gasteiger partial charge in [-0.2, -0.15) is 0 Å². The van der Waals surface area contributed by atoms with Crippen molar-refractivity contribution in [1.82, 2.24) is 4.98 Å². The third-order valence-corrected chi connectivity index (χ3v) is 5.55. The van der Waals surface area contributed by atoms with Crippen LogP contribution in [-0.4, -0.2) is 4.98 Å². The van der Waals surface area contributed by atoms with Gasteiger partial charge in [0.05, 0.1) is 5.52 Å². The maximum absolute atomic E-state index is 3.64. The molecule has 0 atom stereocenters. The number of hydrogen-bond donors (Lipinski definition) is 1. The Labute approximate surface area is 149 Å². The monoisotopic (exact) mass is 331 g/mol. The Balaban J connectivity index is 1.88. The predicted molar refractivity (Wildman–Crippen MR) is 107 cm³/mol. The van der Waals surface area contributed by atoms with Crippen LogP contribution < -0.4 is 4.57 Å². The van der Waals surface area contributed by atoms with Crippen molar-refractivity contribution in [1.29, 1.82) is 0 Å². The lowest BCUT2D eigenvalue weighted by Gasteiger charge is -2.08. The number of fused-ring (bicyclic) bond motifs is 4. The molecule has 0 aliphatic heterocycles. The van der Waals surface area contributed by atoms with Crippen molar-refractivity contribution >= 4 is 32.6 Å². The molecule has 0 aliphatic carbocycles. The first-order chi connectivity index (χ1) is 12.2. The van der Waals surface area contributed by atoms with Crippen LogP contribution in [0.15, 0.2) is 42.7 Å². The standard InChI is InChI=1S/C23H26N2/c1-4-5-6-9-13-25-14-12-18-17(3)23-22(16(2)20(18)15-25)19-10-7-8-11-21(19)24-23/h7-8,10-12,14-15H,4-6,9,13H2,1-3H3/p+1. The molecule has 2 aromatic heterocycles. The molecular weight excluding hydrogens is 304 g/mol. The van der Waals surface area contributed by atoms with Crippen LogP contribution in [0.3, 0.4) is 0 Å². The van der Waals surface area contributed by atoms with E-state index in [4.69, 9.17) is 0 Å². The Bertz CT molecular complexity index is 1060. The zero-order valence-corrected chi connectivity index (χ0v) is 15.5. The topological polar surface area (TPSA) is 19.7 Å². The number of para-hydroxylation sites is 1. The highest BCUT2D eigenvalue weighted by molar-refractivity contribution is 6.16. The number of aromatic amines is 1. The molecule has 1 N–H and O–H groups in total. The van der Waals surface area contributed by atoms with Crippen molar-refractivity contribution in [2.75, 3.05) is 0 Å². The molecule has 0 fully saturated rings. The Morgan fingerprint density at radius 3 is 2.56 bits per heavy atom. The van der Waals surface area contributed by atoms with Crippen LogP contribution in [0.25, 0.3) is 32.6 Å². The number of benzene rings is 2. The molecule has 0 amide bonds. The molecule has 25 heavy (non-hydrogen) atoms. The third kappa shape index (κ3) is 2.70. The minimum atomic E-state index is 1.11. The van der Waals surface area contributed by atoms with Crippen molar-refractivity contribution in [3.05, 3.63) is 53.9 Å². The number of rotatable bonds is 5. The molecule has 2 nitrogen and oxygen atoms in total. The van der Waals surface area contributed by atoms with E-state index >= 15 is 0 Å². The fourth-order valence-electron chi connectivity index (χ4n) is 4.11. The van der Waals surface area contributed by atoms with Crippen LogP contribution in [0, 0.1) is 13.8 Å². The summed E-state index contributed by atoms with van der Waals surface area (Å²) in [7, 11) is 0. The minimum absolute atomic E-state index is 1.11. The lowest BCUT2D eigenvalue weighted by molar-refractivity contribution is -0.696. The maximum Gasteiger partial charge on any atom is 0.176 e. The summed E-state index contributed by atoms with van der Waals surface area (Å²) >= 11 is 0. The normalized spacial score (nSPS) is 11.8. The fraction of sp³-hybridized carbons (Fsp3) is 0.348. The van der Waals surface area contributed by atoms with Crippen molar-refractivity contribution < 1.29 is 4.57 Å². The molecule has 0 saturated heterocycles. The molecule has 0 spiro atoms. The number of pyridine rings is 1. The molecule has 0 aliphatic rings. The zero-order chi connectivity index (χ0) is 17.4. The van der Waals surface area contributed by atoms with E-state index in [0.29, 0.717) is 0 Å². The molecule has 0 radical (unpaired) electrons. The summed E-state index contributed by atoms with van der Waals surface area (Å²) in [4.78, 5) is 3.64. The van der Waals surface area contributed by atoms with Gasteiger partial charge in [-0.15, -0.1) is 0 Å². The number of H-pyrrole nitrogens is 1. The fourth-order valence-corrected chi connectivity index (χ4v) is 4.11. The van der Waals surface area contributed by atoms with Crippen molar-refractivity contribution in [3.8, 4) is 0 Å². The van der Waals surface area contributed by atoms with Crippen molar-refractivity contribution in [3.63, 3.8) is 0 Å². The molecule has 0 unspecified atom stereocenters. The highest BCUT2D eigenvalue weighted by Crippen LogP contribution is 2.35. The second-order valence-corrected chi connectivity index (χ2v) is 7.24. The van der Waals surface area contributed by atoms with E-state index in [1.807, 2.05) is 0 Å². The molecule has 128 valence electrons. The van der Waals surface area contributed by atoms with Gasteiger partial charge in [0, 0.05) is 34.2 Å². The van der Waals surface area contributed by atoms with E-state index in [1.54, 1.807) is 0 Å². The molecule has 2 heterocycles. The lowest BCUT2D eigenvalue weighted by Crippen LogP contribution is -2.32. The van der Waals surface area contributed by atoms with E-state index in [-0.39, 0.29) is 0 Å². The Kier molecular flexibility index (Phi) is 4.20. The van der Waals surface area contributed by atoms with Crippen LogP contribution in [0.1, 0.15) is 43.7 Å². The van der Waals surface area contributed by atoms with E-state index in [0.717, 1.165) is 6.54 Å². The highest BCUT2D eigenvalue weighted by atomic mass is 14.9. The average Bonchev–Trinajstić information content (AvgIpc) is 3.03. The summed E-state index contributed by atoms with van der Waals surface area (Å²) in [5, 5.41) is 5.46. The first-order valence-corrected chi connectivity index (χ1v) is 9.53. The SMILES string of the molecule is CCCCCC[n+]1ccc2c(C)c3[nH]c4ccccc4c3c(C)c2c1. The average molecular weight is 331 g/mol. The van der Waals surface area contributed by atoms with Crippen molar-refractivity contribution in [2.24, 2.45) is 0 Å². The molecule has 0 bridgehead atoms. The van der Waals surface area contributed by atoms with E-state index in [2.05, 4.69) is 73.0 Å². The van der Waals surface area contributed by atoms with Gasteiger partial charge in [0.25, 0.3) is 0 Å². The van der Waals surface area contributed by atoms with Gasteiger partial charge in [-0.1, -0.05) is 38.0 Å². The number of nitrogens with one attached hydrogen (secondary N) is 1. The second-order valence-electron chi connectivity index (χ2n) is 7.24. The van der Waals surface area contributed by atoms with Gasteiger partial charge < -0.3 is 4.98 Å². The van der Waals surface area contributed by atoms with E-state index < -0.39 is 0 Å². The Hall–Kier alpha value is -2.35. The van der Waals surface area contributed by atoms with Crippen LogP contribution in [-0.2, 0) is 6.54 Å². The zero-order valence-electron chi connectivity index (χ0n) is 15.5. The maximum atomic E-state index is 3.64. The lowest BCUT2D eigenvalue weighted by atomic mass is 9.97. The van der Waals surface area contributed by atoms with E-state index in [9.17, 15) is 0 Å². The molecule has 2 heteroatoms. The van der Waals surface area contributed by atoms with Gasteiger partial charge in [0.2, 0.25) is 0 Å². The summed E-state index contributed by atoms with van der Waals surface area (Å²) < 4.78 is 2.37. The van der Waals surface area contributed by atoms with Gasteiger partial charge in [0.15, 0.2) is 12.4 Å². The number of unbranched alkanes of at least 4 members (excludes halogenated alkanes) is 3. The summed E-state index contributed by atoms with van der Waals surface area (Å²) in [6, 6.07) is 10.9. The Morgan fingerprint density at radius 2 is 1.72 bits per heavy atom. The van der Waals surface area contributed by atoms with Crippen LogP contribution >= 0.6 is 0 Å².